The Morgan fingerprint density at radius 1 is 1.50 bits per heavy atom. The lowest BCUT2D eigenvalue weighted by Gasteiger charge is -2.04. The van der Waals surface area contributed by atoms with E-state index in [-0.39, 0.29) is 9.37 Å². The average molecular weight is 282 g/mol. The van der Waals surface area contributed by atoms with Crippen LogP contribution in [0.3, 0.4) is 0 Å². The maximum Gasteiger partial charge on any atom is 0.240 e. The fourth-order valence-corrected chi connectivity index (χ4v) is 2.51. The molecule has 0 aliphatic rings. The van der Waals surface area contributed by atoms with Gasteiger partial charge in [-0.3, -0.25) is 0 Å². The maximum atomic E-state index is 12.8. The van der Waals surface area contributed by atoms with Crippen molar-refractivity contribution in [1.29, 1.82) is 0 Å². The minimum atomic E-state index is -3.50. The van der Waals surface area contributed by atoms with Crippen molar-refractivity contribution in [3.8, 4) is 0 Å². The van der Waals surface area contributed by atoms with E-state index < -0.39 is 15.8 Å². The van der Waals surface area contributed by atoms with Gasteiger partial charge >= 0.3 is 0 Å². The predicted molar refractivity (Wildman–Crippen MR) is 55.0 cm³/mol. The molecule has 0 aliphatic heterocycles. The largest absolute Gasteiger partial charge is 0.240 e. The topological polar surface area (TPSA) is 46.2 Å². The van der Waals surface area contributed by atoms with Crippen LogP contribution in [0, 0.1) is 5.82 Å². The monoisotopic (exact) mass is 281 g/mol. The zero-order chi connectivity index (χ0) is 10.8. The highest BCUT2D eigenvalue weighted by atomic mass is 79.9. The first-order valence-electron chi connectivity index (χ1n) is 3.92. The normalized spacial score (nSPS) is 11.6. The quantitative estimate of drug-likeness (QED) is 0.920. The molecule has 3 nitrogen and oxygen atoms in total. The number of rotatable bonds is 3. The molecule has 1 rings (SSSR count). The predicted octanol–water partition coefficient (Wildman–Crippen LogP) is 1.89. The van der Waals surface area contributed by atoms with Crippen molar-refractivity contribution in [1.82, 2.24) is 4.72 Å². The van der Waals surface area contributed by atoms with E-state index in [1.54, 1.807) is 6.92 Å². The van der Waals surface area contributed by atoms with Gasteiger partial charge in [0, 0.05) is 6.54 Å². The van der Waals surface area contributed by atoms with Crippen LogP contribution in [0.1, 0.15) is 6.92 Å². The summed E-state index contributed by atoms with van der Waals surface area (Å²) >= 11 is 2.92. The molecule has 0 bridgehead atoms. The fraction of sp³-hybridized carbons (Fsp3) is 0.250. The van der Waals surface area contributed by atoms with Crippen molar-refractivity contribution in [3.63, 3.8) is 0 Å². The van der Waals surface area contributed by atoms with Crippen molar-refractivity contribution in [2.75, 3.05) is 6.54 Å². The molecule has 78 valence electrons. The van der Waals surface area contributed by atoms with Crippen LogP contribution in [0.15, 0.2) is 27.6 Å². The van der Waals surface area contributed by atoms with Crippen LogP contribution in [0.2, 0.25) is 0 Å². The van der Waals surface area contributed by atoms with Crippen LogP contribution < -0.4 is 4.72 Å². The molecule has 6 heteroatoms. The van der Waals surface area contributed by atoms with Gasteiger partial charge in [-0.2, -0.15) is 0 Å². The van der Waals surface area contributed by atoms with Gasteiger partial charge in [0.1, 0.15) is 5.82 Å². The second-order valence-electron chi connectivity index (χ2n) is 2.58. The Labute approximate surface area is 90.5 Å². The zero-order valence-electron chi connectivity index (χ0n) is 7.42. The second kappa shape index (κ2) is 4.37. The van der Waals surface area contributed by atoms with Crippen molar-refractivity contribution < 1.29 is 12.8 Å². The summed E-state index contributed by atoms with van der Waals surface area (Å²) in [5, 5.41) is 0. The number of benzene rings is 1. The van der Waals surface area contributed by atoms with E-state index in [1.165, 1.54) is 12.1 Å². The summed E-state index contributed by atoms with van der Waals surface area (Å²) in [4.78, 5) is 0.0487. The van der Waals surface area contributed by atoms with E-state index in [1.807, 2.05) is 0 Å². The van der Waals surface area contributed by atoms with Crippen LogP contribution >= 0.6 is 15.9 Å². The van der Waals surface area contributed by atoms with Gasteiger partial charge in [0.15, 0.2) is 0 Å². The average Bonchev–Trinajstić information content (AvgIpc) is 2.09. The third-order valence-corrected chi connectivity index (χ3v) is 3.69. The molecule has 0 saturated heterocycles. The van der Waals surface area contributed by atoms with Gasteiger partial charge in [-0.05, 0) is 34.1 Å². The Morgan fingerprint density at radius 2 is 2.14 bits per heavy atom. The molecule has 0 aromatic heterocycles. The number of hydrogen-bond donors (Lipinski definition) is 1. The lowest BCUT2D eigenvalue weighted by molar-refractivity contribution is 0.582. The van der Waals surface area contributed by atoms with Crippen molar-refractivity contribution in [3.05, 3.63) is 28.5 Å². The molecule has 0 radical (unpaired) electrons. The SMILES string of the molecule is CCNS(=O)(=O)c1ccc(F)c(Br)c1. The summed E-state index contributed by atoms with van der Waals surface area (Å²) in [6, 6.07) is 3.56. The molecule has 0 unspecified atom stereocenters. The Bertz CT molecular complexity index is 433. The van der Waals surface area contributed by atoms with Gasteiger partial charge in [-0.15, -0.1) is 0 Å². The molecule has 0 fully saturated rings. The molecular formula is C8H9BrFNO2S. The van der Waals surface area contributed by atoms with Gasteiger partial charge in [-0.1, -0.05) is 6.92 Å². The molecule has 14 heavy (non-hydrogen) atoms. The summed E-state index contributed by atoms with van der Waals surface area (Å²) in [6.07, 6.45) is 0. The van der Waals surface area contributed by atoms with E-state index in [0.29, 0.717) is 6.54 Å². The van der Waals surface area contributed by atoms with Crippen LogP contribution in [-0.4, -0.2) is 15.0 Å². The summed E-state index contributed by atoms with van der Waals surface area (Å²) in [6.45, 7) is 1.98. The van der Waals surface area contributed by atoms with Gasteiger partial charge in [-0.25, -0.2) is 17.5 Å². The van der Waals surface area contributed by atoms with Crippen molar-refractivity contribution >= 4 is 26.0 Å². The first-order chi connectivity index (χ1) is 6.47. The molecule has 0 amide bonds. The molecular weight excluding hydrogens is 273 g/mol. The lowest BCUT2D eigenvalue weighted by Crippen LogP contribution is -2.23. The van der Waals surface area contributed by atoms with Crippen LogP contribution in [0.4, 0.5) is 4.39 Å². The highest BCUT2D eigenvalue weighted by molar-refractivity contribution is 9.10. The maximum absolute atomic E-state index is 12.8. The molecule has 0 atom stereocenters. The van der Waals surface area contributed by atoms with Gasteiger partial charge in [0.05, 0.1) is 9.37 Å². The van der Waals surface area contributed by atoms with Crippen molar-refractivity contribution in [2.45, 2.75) is 11.8 Å². The summed E-state index contributed by atoms with van der Waals surface area (Å²) in [5.74, 6) is -0.486. The number of sulfonamides is 1. The highest BCUT2D eigenvalue weighted by Crippen LogP contribution is 2.19. The van der Waals surface area contributed by atoms with Crippen LogP contribution in [0.25, 0.3) is 0 Å². The second-order valence-corrected chi connectivity index (χ2v) is 5.20. The minimum Gasteiger partial charge on any atom is -0.211 e. The Kier molecular flexibility index (Phi) is 3.63. The Morgan fingerprint density at radius 3 is 2.64 bits per heavy atom. The number of halogens is 2. The van der Waals surface area contributed by atoms with Crippen LogP contribution in [0.5, 0.6) is 0 Å². The lowest BCUT2D eigenvalue weighted by atomic mass is 10.3. The molecule has 0 heterocycles. The molecule has 0 aliphatic carbocycles. The molecule has 0 spiro atoms. The van der Waals surface area contributed by atoms with Crippen molar-refractivity contribution in [2.24, 2.45) is 0 Å². The van der Waals surface area contributed by atoms with E-state index in [2.05, 4.69) is 20.7 Å². The number of hydrogen-bond acceptors (Lipinski definition) is 2. The third kappa shape index (κ3) is 2.52. The number of nitrogens with one attached hydrogen (secondary N) is 1. The van der Waals surface area contributed by atoms with E-state index in [4.69, 9.17) is 0 Å². The van der Waals surface area contributed by atoms with E-state index in [9.17, 15) is 12.8 Å². The van der Waals surface area contributed by atoms with Gasteiger partial charge < -0.3 is 0 Å². The summed E-state index contributed by atoms with van der Waals surface area (Å²) < 4.78 is 38.1. The Hall–Kier alpha value is -0.460. The minimum absolute atomic E-state index is 0.0487. The summed E-state index contributed by atoms with van der Waals surface area (Å²) in [5.41, 5.74) is 0. The van der Waals surface area contributed by atoms with E-state index >= 15 is 0 Å². The highest BCUT2D eigenvalue weighted by Gasteiger charge is 2.13. The first kappa shape index (κ1) is 11.6. The fourth-order valence-electron chi connectivity index (χ4n) is 0.917. The summed E-state index contributed by atoms with van der Waals surface area (Å²) in [7, 11) is -3.50. The molecule has 1 aromatic carbocycles. The molecule has 0 saturated carbocycles. The van der Waals surface area contributed by atoms with E-state index in [0.717, 1.165) is 6.07 Å². The Balaban J connectivity index is 3.15. The smallest absolute Gasteiger partial charge is 0.211 e. The van der Waals surface area contributed by atoms with Gasteiger partial charge in [0.2, 0.25) is 10.0 Å². The first-order valence-corrected chi connectivity index (χ1v) is 6.19. The van der Waals surface area contributed by atoms with Crippen LogP contribution in [-0.2, 0) is 10.0 Å². The zero-order valence-corrected chi connectivity index (χ0v) is 9.82. The third-order valence-electron chi connectivity index (χ3n) is 1.54. The molecule has 1 aromatic rings. The van der Waals surface area contributed by atoms with Gasteiger partial charge in [0.25, 0.3) is 0 Å². The standard InChI is InChI=1S/C8H9BrFNO2S/c1-2-11-14(12,13)6-3-4-8(10)7(9)5-6/h3-5,11H,2H2,1H3. The molecule has 1 N–H and O–H groups in total.